The molecule has 112 valence electrons. The van der Waals surface area contributed by atoms with E-state index in [9.17, 15) is 18.0 Å². The molecule has 21 heavy (non-hydrogen) atoms. The van der Waals surface area contributed by atoms with Crippen LogP contribution in [0.1, 0.15) is 26.8 Å². The molecule has 0 spiro atoms. The molecule has 2 aromatic heterocycles. The summed E-state index contributed by atoms with van der Waals surface area (Å²) in [7, 11) is 0. The average molecular weight is 317 g/mol. The molecular weight excluding hydrogens is 307 g/mol. The van der Waals surface area contributed by atoms with E-state index in [4.69, 9.17) is 5.11 Å². The van der Waals surface area contributed by atoms with Gasteiger partial charge in [-0.3, -0.25) is 0 Å². The Morgan fingerprint density at radius 3 is 2.62 bits per heavy atom. The van der Waals surface area contributed by atoms with Crippen LogP contribution in [0.3, 0.4) is 0 Å². The minimum atomic E-state index is -4.63. The molecule has 0 radical (unpaired) electrons. The molecule has 0 aliphatic heterocycles. The Balaban J connectivity index is 2.28. The van der Waals surface area contributed by atoms with E-state index in [2.05, 4.69) is 15.3 Å². The molecule has 0 aliphatic rings. The Bertz CT molecular complexity index is 670. The van der Waals surface area contributed by atoms with Crippen LogP contribution in [0.2, 0.25) is 0 Å². The van der Waals surface area contributed by atoms with E-state index in [1.165, 1.54) is 11.3 Å². The number of anilines is 1. The predicted octanol–water partition coefficient (Wildman–Crippen LogP) is 3.18. The second-order valence-corrected chi connectivity index (χ2v) is 5.07. The second kappa shape index (κ2) is 5.68. The van der Waals surface area contributed by atoms with Crippen molar-refractivity contribution in [3.63, 3.8) is 0 Å². The molecule has 0 saturated heterocycles. The van der Waals surface area contributed by atoms with Crippen LogP contribution >= 0.6 is 11.3 Å². The van der Waals surface area contributed by atoms with E-state index in [0.717, 1.165) is 11.8 Å². The van der Waals surface area contributed by atoms with Crippen molar-refractivity contribution in [1.82, 2.24) is 9.97 Å². The first-order valence-electron chi connectivity index (χ1n) is 5.74. The molecule has 2 aromatic rings. The van der Waals surface area contributed by atoms with Gasteiger partial charge in [-0.15, -0.1) is 11.3 Å². The van der Waals surface area contributed by atoms with Gasteiger partial charge in [0.1, 0.15) is 22.1 Å². The number of aryl methyl sites for hydroxylation is 1. The van der Waals surface area contributed by atoms with Gasteiger partial charge in [0.2, 0.25) is 0 Å². The van der Waals surface area contributed by atoms with Crippen molar-refractivity contribution in [3.8, 4) is 0 Å². The van der Waals surface area contributed by atoms with Crippen molar-refractivity contribution in [2.24, 2.45) is 0 Å². The second-order valence-electron chi connectivity index (χ2n) is 4.13. The predicted molar refractivity (Wildman–Crippen MR) is 70.4 cm³/mol. The molecular formula is C12H10F3N3O2S. The monoisotopic (exact) mass is 317 g/mol. The Labute approximate surface area is 121 Å². The van der Waals surface area contributed by atoms with Crippen molar-refractivity contribution in [3.05, 3.63) is 39.5 Å². The number of hydrogen-bond donors (Lipinski definition) is 2. The number of rotatable bonds is 4. The van der Waals surface area contributed by atoms with Crippen molar-refractivity contribution >= 4 is 23.1 Å². The third-order valence-corrected chi connectivity index (χ3v) is 3.46. The molecule has 0 fully saturated rings. The SMILES string of the molecule is Cc1csc(CNc2nc(C(F)(F)F)ccc2C(=O)O)n1. The number of halogens is 3. The number of aromatic nitrogens is 2. The lowest BCUT2D eigenvalue weighted by Crippen LogP contribution is -2.14. The number of carboxylic acids is 1. The van der Waals surface area contributed by atoms with Crippen molar-refractivity contribution < 1.29 is 23.1 Å². The topological polar surface area (TPSA) is 75.1 Å². The smallest absolute Gasteiger partial charge is 0.433 e. The van der Waals surface area contributed by atoms with Crippen LogP contribution in [-0.4, -0.2) is 21.0 Å². The van der Waals surface area contributed by atoms with Crippen LogP contribution in [0.5, 0.6) is 0 Å². The highest BCUT2D eigenvalue weighted by Crippen LogP contribution is 2.29. The van der Waals surface area contributed by atoms with E-state index >= 15 is 0 Å². The lowest BCUT2D eigenvalue weighted by Gasteiger charge is -2.11. The number of alkyl halides is 3. The largest absolute Gasteiger partial charge is 0.478 e. The summed E-state index contributed by atoms with van der Waals surface area (Å²) in [6.45, 7) is 1.89. The fourth-order valence-corrected chi connectivity index (χ4v) is 2.28. The number of carbonyl (C=O) groups is 1. The quantitative estimate of drug-likeness (QED) is 0.906. The standard InChI is InChI=1S/C12H10F3N3O2S/c1-6-5-21-9(17-6)4-16-10-7(11(19)20)2-3-8(18-10)12(13,14)15/h2-3,5H,4H2,1H3,(H,16,18)(H,19,20). The van der Waals surface area contributed by atoms with Gasteiger partial charge in [-0.2, -0.15) is 13.2 Å². The molecule has 9 heteroatoms. The van der Waals surface area contributed by atoms with Gasteiger partial charge in [0.05, 0.1) is 6.54 Å². The van der Waals surface area contributed by atoms with Crippen molar-refractivity contribution in [2.75, 3.05) is 5.32 Å². The van der Waals surface area contributed by atoms with E-state index in [1.807, 2.05) is 0 Å². The maximum Gasteiger partial charge on any atom is 0.433 e. The summed E-state index contributed by atoms with van der Waals surface area (Å²) in [6.07, 6.45) is -4.63. The van der Waals surface area contributed by atoms with Crippen LogP contribution in [0.4, 0.5) is 19.0 Å². The first-order chi connectivity index (χ1) is 9.77. The lowest BCUT2D eigenvalue weighted by molar-refractivity contribution is -0.141. The molecule has 0 aromatic carbocycles. The number of nitrogens with zero attached hydrogens (tertiary/aromatic N) is 2. The maximum atomic E-state index is 12.6. The molecule has 2 rings (SSSR count). The third kappa shape index (κ3) is 3.69. The zero-order valence-electron chi connectivity index (χ0n) is 10.7. The third-order valence-electron chi connectivity index (χ3n) is 2.49. The normalized spacial score (nSPS) is 11.4. The Kier molecular flexibility index (Phi) is 4.12. The van der Waals surface area contributed by atoms with Gasteiger partial charge in [0.25, 0.3) is 0 Å². The average Bonchev–Trinajstić information content (AvgIpc) is 2.80. The lowest BCUT2D eigenvalue weighted by atomic mass is 10.2. The Morgan fingerprint density at radius 2 is 2.10 bits per heavy atom. The van der Waals surface area contributed by atoms with Gasteiger partial charge < -0.3 is 10.4 Å². The van der Waals surface area contributed by atoms with Crippen LogP contribution in [0.15, 0.2) is 17.5 Å². The summed E-state index contributed by atoms with van der Waals surface area (Å²) in [6, 6.07) is 1.52. The fourth-order valence-electron chi connectivity index (χ4n) is 1.57. The van der Waals surface area contributed by atoms with Crippen molar-refractivity contribution in [2.45, 2.75) is 19.6 Å². The molecule has 0 bridgehead atoms. The molecule has 0 aliphatic carbocycles. The summed E-state index contributed by atoms with van der Waals surface area (Å²) < 4.78 is 37.9. The Morgan fingerprint density at radius 1 is 1.38 bits per heavy atom. The number of carboxylic acid groups (broad SMARTS) is 1. The number of aromatic carboxylic acids is 1. The summed E-state index contributed by atoms with van der Waals surface area (Å²) in [5, 5.41) is 14.0. The van der Waals surface area contributed by atoms with Gasteiger partial charge in [-0.05, 0) is 19.1 Å². The van der Waals surface area contributed by atoms with Crippen LogP contribution in [0.25, 0.3) is 0 Å². The summed E-state index contributed by atoms with van der Waals surface area (Å²) in [5.41, 5.74) is -0.686. The number of thiazole rings is 1. The minimum absolute atomic E-state index is 0.104. The first-order valence-corrected chi connectivity index (χ1v) is 6.62. The molecule has 2 heterocycles. The summed E-state index contributed by atoms with van der Waals surface area (Å²) in [5.74, 6) is -1.68. The van der Waals surface area contributed by atoms with E-state index in [0.29, 0.717) is 11.1 Å². The summed E-state index contributed by atoms with van der Waals surface area (Å²) >= 11 is 1.32. The highest BCUT2D eigenvalue weighted by molar-refractivity contribution is 7.09. The van der Waals surface area contributed by atoms with Gasteiger partial charge in [-0.1, -0.05) is 0 Å². The molecule has 2 N–H and O–H groups in total. The van der Waals surface area contributed by atoms with Gasteiger partial charge >= 0.3 is 12.1 Å². The Hall–Kier alpha value is -2.16. The van der Waals surface area contributed by atoms with E-state index in [-0.39, 0.29) is 17.9 Å². The van der Waals surface area contributed by atoms with Gasteiger partial charge in [0.15, 0.2) is 0 Å². The molecule has 0 atom stereocenters. The van der Waals surface area contributed by atoms with Crippen LogP contribution in [0, 0.1) is 6.92 Å². The van der Waals surface area contributed by atoms with Gasteiger partial charge in [-0.25, -0.2) is 14.8 Å². The highest BCUT2D eigenvalue weighted by atomic mass is 32.1. The van der Waals surface area contributed by atoms with E-state index in [1.54, 1.807) is 12.3 Å². The van der Waals surface area contributed by atoms with E-state index < -0.39 is 17.8 Å². The molecule has 0 saturated carbocycles. The van der Waals surface area contributed by atoms with Crippen molar-refractivity contribution in [1.29, 1.82) is 0 Å². The number of nitrogens with one attached hydrogen (secondary N) is 1. The fraction of sp³-hybridized carbons (Fsp3) is 0.250. The van der Waals surface area contributed by atoms with Crippen LogP contribution in [-0.2, 0) is 12.7 Å². The zero-order chi connectivity index (χ0) is 15.6. The summed E-state index contributed by atoms with van der Waals surface area (Å²) in [4.78, 5) is 18.5. The molecule has 0 amide bonds. The number of hydrogen-bond acceptors (Lipinski definition) is 5. The minimum Gasteiger partial charge on any atom is -0.478 e. The first kappa shape index (κ1) is 15.2. The zero-order valence-corrected chi connectivity index (χ0v) is 11.5. The molecule has 5 nitrogen and oxygen atoms in total. The van der Waals surface area contributed by atoms with Crippen LogP contribution < -0.4 is 5.32 Å². The highest BCUT2D eigenvalue weighted by Gasteiger charge is 2.33. The maximum absolute atomic E-state index is 12.6. The molecule has 0 unspecified atom stereocenters. The number of pyridine rings is 1. The van der Waals surface area contributed by atoms with Gasteiger partial charge in [0, 0.05) is 11.1 Å².